The number of carbonyl (C=O) groups is 1. The van der Waals surface area contributed by atoms with Crippen LogP contribution in [-0.4, -0.2) is 29.7 Å². The van der Waals surface area contributed by atoms with Crippen molar-refractivity contribution in [3.8, 4) is 0 Å². The lowest BCUT2D eigenvalue weighted by atomic mass is 9.49. The predicted octanol–water partition coefficient (Wildman–Crippen LogP) is 7.31. The van der Waals surface area contributed by atoms with E-state index in [9.17, 15) is 4.79 Å². The Morgan fingerprint density at radius 3 is 2.21 bits per heavy atom. The summed E-state index contributed by atoms with van der Waals surface area (Å²) in [6, 6.07) is 6.92. The van der Waals surface area contributed by atoms with Crippen LogP contribution in [0.25, 0.3) is 0 Å². The van der Waals surface area contributed by atoms with E-state index < -0.39 is 22.0 Å². The number of methoxy groups -OCH3 is 1. The normalized spacial score (nSPS) is 30.4. The van der Waals surface area contributed by atoms with E-state index in [0.717, 1.165) is 25.7 Å². The maximum atomic E-state index is 13.0. The summed E-state index contributed by atoms with van der Waals surface area (Å²) < 4.78 is 18.8. The van der Waals surface area contributed by atoms with Gasteiger partial charge in [0, 0.05) is 0 Å². The Morgan fingerprint density at radius 2 is 1.67 bits per heavy atom. The first-order valence-electron chi connectivity index (χ1n) is 12.5. The maximum Gasteiger partial charge on any atom is 0.311 e. The van der Waals surface area contributed by atoms with Gasteiger partial charge in [0.15, 0.2) is 16.6 Å². The van der Waals surface area contributed by atoms with Gasteiger partial charge < -0.3 is 13.6 Å². The van der Waals surface area contributed by atoms with Crippen molar-refractivity contribution in [2.75, 3.05) is 7.11 Å². The SMILES string of the molecule is COC(=O)C1(C)CCCC2(C)c3ccc(C(C)(C)O[Si](C)(C)C)cc3C(O[Si](C)(C)C)CC12. The van der Waals surface area contributed by atoms with Gasteiger partial charge in [-0.15, -0.1) is 0 Å². The molecule has 0 N–H and O–H groups in total. The zero-order valence-corrected chi connectivity index (χ0v) is 24.8. The zero-order valence-electron chi connectivity index (χ0n) is 22.8. The van der Waals surface area contributed by atoms with E-state index in [4.69, 9.17) is 13.6 Å². The van der Waals surface area contributed by atoms with Gasteiger partial charge in [-0.25, -0.2) is 0 Å². The first kappa shape index (κ1) is 26.6. The van der Waals surface area contributed by atoms with E-state index in [2.05, 4.69) is 85.2 Å². The number of carbonyl (C=O) groups excluding carboxylic acids is 1. The molecule has 1 saturated carbocycles. The second-order valence-corrected chi connectivity index (χ2v) is 22.1. The van der Waals surface area contributed by atoms with Crippen molar-refractivity contribution in [1.82, 2.24) is 0 Å². The molecule has 1 aromatic carbocycles. The maximum absolute atomic E-state index is 13.0. The summed E-state index contributed by atoms with van der Waals surface area (Å²) in [7, 11) is -2.01. The number of ether oxygens (including phenoxy) is 1. The highest BCUT2D eigenvalue weighted by Gasteiger charge is 2.57. The molecule has 3 rings (SSSR count). The van der Waals surface area contributed by atoms with Gasteiger partial charge in [-0.3, -0.25) is 4.79 Å². The van der Waals surface area contributed by atoms with E-state index in [1.54, 1.807) is 0 Å². The minimum absolute atomic E-state index is 0.00513. The Hall–Kier alpha value is -0.956. The fraction of sp³-hybridized carbons (Fsp3) is 0.741. The Bertz CT molecular complexity index is 898. The third kappa shape index (κ3) is 5.19. The second-order valence-electron chi connectivity index (χ2n) is 13.2. The molecule has 186 valence electrons. The summed E-state index contributed by atoms with van der Waals surface area (Å²) in [5.41, 5.74) is 2.95. The fourth-order valence-corrected chi connectivity index (χ4v) is 9.35. The lowest BCUT2D eigenvalue weighted by Crippen LogP contribution is -2.54. The minimum atomic E-state index is -1.82. The first-order valence-corrected chi connectivity index (χ1v) is 19.4. The molecule has 0 saturated heterocycles. The van der Waals surface area contributed by atoms with Crippen molar-refractivity contribution in [2.24, 2.45) is 11.3 Å². The number of hydrogen-bond donors (Lipinski definition) is 0. The lowest BCUT2D eigenvalue weighted by Gasteiger charge is -2.56. The molecule has 4 atom stereocenters. The smallest absolute Gasteiger partial charge is 0.311 e. The van der Waals surface area contributed by atoms with Gasteiger partial charge in [-0.05, 0) is 107 Å². The third-order valence-corrected chi connectivity index (χ3v) is 9.91. The summed E-state index contributed by atoms with van der Waals surface area (Å²) in [5.74, 6) is 0.118. The summed E-state index contributed by atoms with van der Waals surface area (Å²) in [4.78, 5) is 13.0. The molecule has 2 aliphatic carbocycles. The van der Waals surface area contributed by atoms with Gasteiger partial charge in [-0.1, -0.05) is 31.5 Å². The van der Waals surface area contributed by atoms with Crippen LogP contribution in [0.5, 0.6) is 0 Å². The molecule has 0 amide bonds. The zero-order chi connectivity index (χ0) is 25.0. The molecule has 0 aliphatic heterocycles. The number of esters is 1. The van der Waals surface area contributed by atoms with Crippen LogP contribution < -0.4 is 0 Å². The van der Waals surface area contributed by atoms with Crippen LogP contribution in [0, 0.1) is 11.3 Å². The number of fused-ring (bicyclic) bond motifs is 3. The Morgan fingerprint density at radius 1 is 1.03 bits per heavy atom. The van der Waals surface area contributed by atoms with Gasteiger partial charge in [0.25, 0.3) is 0 Å². The fourth-order valence-electron chi connectivity index (χ4n) is 6.62. The number of rotatable bonds is 6. The monoisotopic (exact) mass is 490 g/mol. The number of hydrogen-bond acceptors (Lipinski definition) is 4. The second kappa shape index (κ2) is 8.61. The van der Waals surface area contributed by atoms with Crippen LogP contribution >= 0.6 is 0 Å². The summed E-state index contributed by atoms with van der Waals surface area (Å²) in [6.45, 7) is 22.3. The molecular formula is C27H46O4Si2. The van der Waals surface area contributed by atoms with Crippen molar-refractivity contribution >= 4 is 22.6 Å². The van der Waals surface area contributed by atoms with Crippen LogP contribution in [0.3, 0.4) is 0 Å². The average Bonchev–Trinajstić information content (AvgIpc) is 2.65. The summed E-state index contributed by atoms with van der Waals surface area (Å²) in [6.07, 6.45) is 3.85. The quantitative estimate of drug-likeness (QED) is 0.310. The highest BCUT2D eigenvalue weighted by Crippen LogP contribution is 2.60. The first-order chi connectivity index (χ1) is 14.9. The van der Waals surface area contributed by atoms with E-state index >= 15 is 0 Å². The van der Waals surface area contributed by atoms with E-state index in [-0.39, 0.29) is 29.0 Å². The van der Waals surface area contributed by atoms with Crippen LogP contribution in [0.15, 0.2) is 18.2 Å². The highest BCUT2D eigenvalue weighted by molar-refractivity contribution is 6.70. The van der Waals surface area contributed by atoms with Crippen molar-refractivity contribution in [2.45, 2.75) is 110 Å². The van der Waals surface area contributed by atoms with Crippen molar-refractivity contribution in [3.63, 3.8) is 0 Å². The van der Waals surface area contributed by atoms with Crippen LogP contribution in [0.4, 0.5) is 0 Å². The molecule has 1 aromatic rings. The molecule has 1 fully saturated rings. The molecule has 6 heteroatoms. The lowest BCUT2D eigenvalue weighted by molar-refractivity contribution is -0.162. The van der Waals surface area contributed by atoms with Gasteiger partial charge >= 0.3 is 5.97 Å². The van der Waals surface area contributed by atoms with Crippen LogP contribution in [-0.2, 0) is 29.4 Å². The molecule has 0 spiro atoms. The van der Waals surface area contributed by atoms with E-state index in [1.807, 2.05) is 0 Å². The topological polar surface area (TPSA) is 44.8 Å². The van der Waals surface area contributed by atoms with Gasteiger partial charge in [0.05, 0.1) is 24.2 Å². The Balaban J connectivity index is 2.16. The molecule has 0 bridgehead atoms. The van der Waals surface area contributed by atoms with Gasteiger partial charge in [-0.2, -0.15) is 0 Å². The average molecular weight is 491 g/mol. The van der Waals surface area contributed by atoms with Crippen molar-refractivity contribution in [1.29, 1.82) is 0 Å². The van der Waals surface area contributed by atoms with Crippen LogP contribution in [0.1, 0.15) is 76.2 Å². The molecule has 33 heavy (non-hydrogen) atoms. The Kier molecular flexibility index (Phi) is 6.95. The van der Waals surface area contributed by atoms with E-state index in [0.29, 0.717) is 0 Å². The van der Waals surface area contributed by atoms with Gasteiger partial charge in [0.2, 0.25) is 0 Å². The standard InChI is InChI=1S/C27H46O4Si2/c1-25(2,31-33(9,10)11)19-13-14-21-20(17-19)22(30-32(6,7)8)18-23-26(21,3)15-12-16-27(23,4)24(28)29-5/h13-14,17,22-23H,12,15-16,18H2,1-11H3. The number of benzene rings is 1. The minimum Gasteiger partial charge on any atom is -0.469 e. The van der Waals surface area contributed by atoms with Crippen molar-refractivity contribution in [3.05, 3.63) is 34.9 Å². The van der Waals surface area contributed by atoms with Gasteiger partial charge in [0.1, 0.15) is 0 Å². The van der Waals surface area contributed by atoms with Crippen LogP contribution in [0.2, 0.25) is 39.3 Å². The Labute approximate surface area is 204 Å². The molecule has 4 unspecified atom stereocenters. The molecular weight excluding hydrogens is 444 g/mol. The third-order valence-electron chi connectivity index (χ3n) is 7.80. The molecule has 0 heterocycles. The molecule has 4 nitrogen and oxygen atoms in total. The molecule has 2 aliphatic rings. The summed E-state index contributed by atoms with van der Waals surface area (Å²) in [5, 5.41) is 0. The highest BCUT2D eigenvalue weighted by atomic mass is 28.4. The van der Waals surface area contributed by atoms with E-state index in [1.165, 1.54) is 23.8 Å². The largest absolute Gasteiger partial charge is 0.469 e. The molecule has 0 radical (unpaired) electrons. The summed E-state index contributed by atoms with van der Waals surface area (Å²) >= 11 is 0. The predicted molar refractivity (Wildman–Crippen MR) is 141 cm³/mol. The molecule has 0 aromatic heterocycles. The van der Waals surface area contributed by atoms with Crippen molar-refractivity contribution < 1.29 is 18.4 Å².